The van der Waals surface area contributed by atoms with Gasteiger partial charge in [0.2, 0.25) is 5.91 Å². The zero-order valence-electron chi connectivity index (χ0n) is 14.3. The van der Waals surface area contributed by atoms with E-state index in [1.165, 1.54) is 12.8 Å². The number of piperidine rings is 1. The molecule has 2 N–H and O–H groups in total. The average Bonchev–Trinajstić information content (AvgIpc) is 2.55. The molecule has 1 unspecified atom stereocenters. The average molecular weight is 311 g/mol. The zero-order chi connectivity index (χ0) is 15.8. The molecule has 2 saturated heterocycles. The SMILES string of the molecule is CC(C)C(CNC(=O)CCC1CCNCC1)N1CCOCC1. The van der Waals surface area contributed by atoms with Crippen LogP contribution in [-0.2, 0) is 9.53 Å². The van der Waals surface area contributed by atoms with Crippen LogP contribution in [0.1, 0.15) is 39.5 Å². The molecule has 0 aromatic rings. The Morgan fingerprint density at radius 3 is 2.59 bits per heavy atom. The van der Waals surface area contributed by atoms with Crippen LogP contribution in [0.3, 0.4) is 0 Å². The van der Waals surface area contributed by atoms with Crippen LogP contribution in [0, 0.1) is 11.8 Å². The molecular formula is C17H33N3O2. The number of ether oxygens (including phenoxy) is 1. The Balaban J connectivity index is 1.68. The van der Waals surface area contributed by atoms with E-state index in [0.717, 1.165) is 58.3 Å². The molecule has 22 heavy (non-hydrogen) atoms. The first-order chi connectivity index (χ1) is 10.7. The Kier molecular flexibility index (Phi) is 7.63. The molecule has 5 heteroatoms. The smallest absolute Gasteiger partial charge is 0.220 e. The summed E-state index contributed by atoms with van der Waals surface area (Å²) in [5.41, 5.74) is 0. The molecule has 0 spiro atoms. The molecule has 2 fully saturated rings. The highest BCUT2D eigenvalue weighted by atomic mass is 16.5. The number of morpholine rings is 1. The first-order valence-electron chi connectivity index (χ1n) is 8.96. The number of carbonyl (C=O) groups excluding carboxylic acids is 1. The third-order valence-corrected chi connectivity index (χ3v) is 5.03. The van der Waals surface area contributed by atoms with E-state index < -0.39 is 0 Å². The molecule has 2 aliphatic rings. The minimum absolute atomic E-state index is 0.220. The topological polar surface area (TPSA) is 53.6 Å². The minimum Gasteiger partial charge on any atom is -0.379 e. The third kappa shape index (κ3) is 5.86. The second-order valence-corrected chi connectivity index (χ2v) is 7.00. The molecular weight excluding hydrogens is 278 g/mol. The summed E-state index contributed by atoms with van der Waals surface area (Å²) in [4.78, 5) is 14.6. The van der Waals surface area contributed by atoms with E-state index in [0.29, 0.717) is 18.4 Å². The van der Waals surface area contributed by atoms with Gasteiger partial charge in [-0.15, -0.1) is 0 Å². The van der Waals surface area contributed by atoms with Crippen molar-refractivity contribution in [3.05, 3.63) is 0 Å². The van der Waals surface area contributed by atoms with Gasteiger partial charge in [0.25, 0.3) is 0 Å². The van der Waals surface area contributed by atoms with Crippen LogP contribution in [0.5, 0.6) is 0 Å². The molecule has 5 nitrogen and oxygen atoms in total. The van der Waals surface area contributed by atoms with E-state index in [4.69, 9.17) is 4.74 Å². The molecule has 1 atom stereocenters. The molecule has 2 rings (SSSR count). The van der Waals surface area contributed by atoms with Gasteiger partial charge in [-0.1, -0.05) is 13.8 Å². The fraction of sp³-hybridized carbons (Fsp3) is 0.941. The summed E-state index contributed by atoms with van der Waals surface area (Å²) in [6, 6.07) is 0.423. The molecule has 1 amide bonds. The van der Waals surface area contributed by atoms with E-state index in [2.05, 4.69) is 29.4 Å². The fourth-order valence-electron chi connectivity index (χ4n) is 3.51. The number of nitrogens with zero attached hydrogens (tertiary/aromatic N) is 1. The van der Waals surface area contributed by atoms with Crippen LogP contribution in [0.4, 0.5) is 0 Å². The van der Waals surface area contributed by atoms with Crippen LogP contribution >= 0.6 is 0 Å². The Labute approximate surface area is 135 Å². The van der Waals surface area contributed by atoms with Crippen LogP contribution in [0.25, 0.3) is 0 Å². The summed E-state index contributed by atoms with van der Waals surface area (Å²) in [7, 11) is 0. The van der Waals surface area contributed by atoms with Crippen LogP contribution in [0.2, 0.25) is 0 Å². The van der Waals surface area contributed by atoms with Crippen molar-refractivity contribution in [2.75, 3.05) is 45.9 Å². The number of nitrogens with one attached hydrogen (secondary N) is 2. The van der Waals surface area contributed by atoms with Gasteiger partial charge < -0.3 is 15.4 Å². The van der Waals surface area contributed by atoms with Crippen molar-refractivity contribution in [1.82, 2.24) is 15.5 Å². The van der Waals surface area contributed by atoms with Crippen LogP contribution < -0.4 is 10.6 Å². The van der Waals surface area contributed by atoms with Gasteiger partial charge in [0.05, 0.1) is 13.2 Å². The molecule has 2 heterocycles. The molecule has 0 bridgehead atoms. The van der Waals surface area contributed by atoms with Gasteiger partial charge in [0.15, 0.2) is 0 Å². The van der Waals surface area contributed by atoms with Gasteiger partial charge in [-0.2, -0.15) is 0 Å². The van der Waals surface area contributed by atoms with Crippen molar-refractivity contribution in [2.24, 2.45) is 11.8 Å². The normalized spacial score (nSPS) is 22.7. The van der Waals surface area contributed by atoms with Crippen molar-refractivity contribution in [3.63, 3.8) is 0 Å². The fourth-order valence-corrected chi connectivity index (χ4v) is 3.51. The summed E-state index contributed by atoms with van der Waals surface area (Å²) >= 11 is 0. The second-order valence-electron chi connectivity index (χ2n) is 7.00. The van der Waals surface area contributed by atoms with Gasteiger partial charge in [-0.3, -0.25) is 9.69 Å². The van der Waals surface area contributed by atoms with Crippen molar-refractivity contribution in [2.45, 2.75) is 45.6 Å². The van der Waals surface area contributed by atoms with E-state index in [1.807, 2.05) is 0 Å². The van der Waals surface area contributed by atoms with Gasteiger partial charge in [-0.05, 0) is 44.2 Å². The highest BCUT2D eigenvalue weighted by Crippen LogP contribution is 2.17. The van der Waals surface area contributed by atoms with Crippen molar-refractivity contribution in [3.8, 4) is 0 Å². The lowest BCUT2D eigenvalue weighted by atomic mass is 9.93. The summed E-state index contributed by atoms with van der Waals surface area (Å²) in [5, 5.41) is 6.54. The van der Waals surface area contributed by atoms with Crippen molar-refractivity contribution >= 4 is 5.91 Å². The second kappa shape index (κ2) is 9.48. The highest BCUT2D eigenvalue weighted by molar-refractivity contribution is 5.75. The predicted octanol–water partition coefficient (Wildman–Crippen LogP) is 1.24. The maximum atomic E-state index is 12.1. The van der Waals surface area contributed by atoms with Crippen LogP contribution in [0.15, 0.2) is 0 Å². The number of hydrogen-bond donors (Lipinski definition) is 2. The third-order valence-electron chi connectivity index (χ3n) is 5.03. The quantitative estimate of drug-likeness (QED) is 0.743. The first kappa shape index (κ1) is 17.7. The molecule has 0 aliphatic carbocycles. The van der Waals surface area contributed by atoms with Gasteiger partial charge >= 0.3 is 0 Å². The Bertz CT molecular complexity index is 324. The number of rotatable bonds is 7. The number of carbonyl (C=O) groups is 1. The molecule has 0 radical (unpaired) electrons. The van der Waals surface area contributed by atoms with Gasteiger partial charge in [0.1, 0.15) is 0 Å². The van der Waals surface area contributed by atoms with Gasteiger partial charge in [0, 0.05) is 32.1 Å². The van der Waals surface area contributed by atoms with E-state index in [9.17, 15) is 4.79 Å². The zero-order valence-corrected chi connectivity index (χ0v) is 14.3. The van der Waals surface area contributed by atoms with Crippen molar-refractivity contribution < 1.29 is 9.53 Å². The molecule has 0 aromatic heterocycles. The van der Waals surface area contributed by atoms with Gasteiger partial charge in [-0.25, -0.2) is 0 Å². The van der Waals surface area contributed by atoms with E-state index in [-0.39, 0.29) is 5.91 Å². The summed E-state index contributed by atoms with van der Waals surface area (Å²) in [5.74, 6) is 1.49. The standard InChI is InChI=1S/C17H33N3O2/c1-14(2)16(20-9-11-22-12-10-20)13-19-17(21)4-3-15-5-7-18-8-6-15/h14-16,18H,3-13H2,1-2H3,(H,19,21). The molecule has 128 valence electrons. The minimum atomic E-state index is 0.220. The van der Waals surface area contributed by atoms with Crippen LogP contribution in [-0.4, -0.2) is 62.8 Å². The molecule has 0 aromatic carbocycles. The number of hydrogen-bond acceptors (Lipinski definition) is 4. The summed E-state index contributed by atoms with van der Waals surface area (Å²) in [6.45, 7) is 11.0. The largest absolute Gasteiger partial charge is 0.379 e. The highest BCUT2D eigenvalue weighted by Gasteiger charge is 2.24. The van der Waals surface area contributed by atoms with Crippen molar-refractivity contribution in [1.29, 1.82) is 0 Å². The lowest BCUT2D eigenvalue weighted by Gasteiger charge is -2.37. The molecule has 0 saturated carbocycles. The number of amides is 1. The molecule has 2 aliphatic heterocycles. The Morgan fingerprint density at radius 2 is 1.95 bits per heavy atom. The summed E-state index contributed by atoms with van der Waals surface area (Å²) < 4.78 is 5.43. The lowest BCUT2D eigenvalue weighted by Crippen LogP contribution is -2.51. The van der Waals surface area contributed by atoms with E-state index in [1.54, 1.807) is 0 Å². The maximum Gasteiger partial charge on any atom is 0.220 e. The first-order valence-corrected chi connectivity index (χ1v) is 8.96. The lowest BCUT2D eigenvalue weighted by molar-refractivity contribution is -0.121. The Hall–Kier alpha value is -0.650. The van der Waals surface area contributed by atoms with E-state index >= 15 is 0 Å². The summed E-state index contributed by atoms with van der Waals surface area (Å²) in [6.07, 6.45) is 4.15. The monoisotopic (exact) mass is 311 g/mol. The Morgan fingerprint density at radius 1 is 1.27 bits per heavy atom. The maximum absolute atomic E-state index is 12.1. The predicted molar refractivity (Wildman–Crippen MR) is 88.9 cm³/mol.